The van der Waals surface area contributed by atoms with Gasteiger partial charge in [-0.2, -0.15) is 0 Å². The summed E-state index contributed by atoms with van der Waals surface area (Å²) in [6.07, 6.45) is 2.82. The standard InChI is InChI=1S/C11H19N3/c1-8(2)7-10-5-6-12-11(14-10)13-9(3)4/h5-6,8-9H,7H2,1-4H3,(H,12,13,14). The molecule has 0 atom stereocenters. The highest BCUT2D eigenvalue weighted by atomic mass is 15.1. The number of anilines is 1. The molecule has 0 spiro atoms. The molecular weight excluding hydrogens is 174 g/mol. The quantitative estimate of drug-likeness (QED) is 0.798. The Morgan fingerprint density at radius 1 is 1.29 bits per heavy atom. The van der Waals surface area contributed by atoms with Crippen LogP contribution in [0.2, 0.25) is 0 Å². The van der Waals surface area contributed by atoms with E-state index < -0.39 is 0 Å². The van der Waals surface area contributed by atoms with E-state index in [0.29, 0.717) is 12.0 Å². The molecule has 0 amide bonds. The topological polar surface area (TPSA) is 37.8 Å². The number of nitrogens with zero attached hydrogens (tertiary/aromatic N) is 2. The van der Waals surface area contributed by atoms with Gasteiger partial charge in [0.05, 0.1) is 0 Å². The van der Waals surface area contributed by atoms with E-state index in [-0.39, 0.29) is 0 Å². The summed E-state index contributed by atoms with van der Waals surface area (Å²) in [4.78, 5) is 8.60. The zero-order chi connectivity index (χ0) is 10.6. The number of hydrogen-bond donors (Lipinski definition) is 1. The minimum Gasteiger partial charge on any atom is -0.352 e. The van der Waals surface area contributed by atoms with Crippen molar-refractivity contribution in [3.8, 4) is 0 Å². The molecule has 78 valence electrons. The van der Waals surface area contributed by atoms with E-state index >= 15 is 0 Å². The third kappa shape index (κ3) is 3.73. The largest absolute Gasteiger partial charge is 0.352 e. The average Bonchev–Trinajstić information content (AvgIpc) is 2.01. The van der Waals surface area contributed by atoms with Crippen LogP contribution in [-0.2, 0) is 6.42 Å². The van der Waals surface area contributed by atoms with E-state index in [2.05, 4.69) is 43.0 Å². The van der Waals surface area contributed by atoms with Crippen LogP contribution in [0.3, 0.4) is 0 Å². The molecule has 0 radical (unpaired) electrons. The van der Waals surface area contributed by atoms with Gasteiger partial charge < -0.3 is 5.32 Å². The van der Waals surface area contributed by atoms with Crippen molar-refractivity contribution in [2.75, 3.05) is 5.32 Å². The number of hydrogen-bond acceptors (Lipinski definition) is 3. The Labute approximate surface area is 86.0 Å². The molecule has 1 aromatic heterocycles. The van der Waals surface area contributed by atoms with E-state index in [1.165, 1.54) is 0 Å². The maximum atomic E-state index is 4.43. The first-order valence-electron chi connectivity index (χ1n) is 5.16. The molecule has 0 saturated heterocycles. The first-order valence-corrected chi connectivity index (χ1v) is 5.16. The molecule has 0 unspecified atom stereocenters. The van der Waals surface area contributed by atoms with Crippen LogP contribution in [0.5, 0.6) is 0 Å². The highest BCUT2D eigenvalue weighted by Gasteiger charge is 2.02. The fraction of sp³-hybridized carbons (Fsp3) is 0.636. The van der Waals surface area contributed by atoms with Crippen LogP contribution in [0.1, 0.15) is 33.4 Å². The first kappa shape index (κ1) is 11.0. The molecule has 1 N–H and O–H groups in total. The number of aromatic nitrogens is 2. The van der Waals surface area contributed by atoms with Crippen LogP contribution < -0.4 is 5.32 Å². The monoisotopic (exact) mass is 193 g/mol. The van der Waals surface area contributed by atoms with Gasteiger partial charge in [0.1, 0.15) is 0 Å². The Balaban J connectivity index is 2.68. The zero-order valence-corrected chi connectivity index (χ0v) is 9.41. The van der Waals surface area contributed by atoms with Gasteiger partial charge in [-0.05, 0) is 32.3 Å². The summed E-state index contributed by atoms with van der Waals surface area (Å²) in [5.74, 6) is 1.37. The van der Waals surface area contributed by atoms with Crippen molar-refractivity contribution in [1.82, 2.24) is 9.97 Å². The first-order chi connectivity index (χ1) is 6.58. The van der Waals surface area contributed by atoms with Crippen LogP contribution >= 0.6 is 0 Å². The SMILES string of the molecule is CC(C)Cc1ccnc(NC(C)C)n1. The lowest BCUT2D eigenvalue weighted by molar-refractivity contribution is 0.634. The van der Waals surface area contributed by atoms with Crippen molar-refractivity contribution >= 4 is 5.95 Å². The van der Waals surface area contributed by atoms with Crippen LogP contribution in [-0.4, -0.2) is 16.0 Å². The summed E-state index contributed by atoms with van der Waals surface area (Å²) < 4.78 is 0. The summed E-state index contributed by atoms with van der Waals surface area (Å²) in [7, 11) is 0. The van der Waals surface area contributed by atoms with Gasteiger partial charge in [-0.1, -0.05) is 13.8 Å². The molecule has 1 heterocycles. The molecule has 3 nitrogen and oxygen atoms in total. The third-order valence-corrected chi connectivity index (χ3v) is 1.75. The zero-order valence-electron chi connectivity index (χ0n) is 9.41. The predicted molar refractivity (Wildman–Crippen MR) is 59.3 cm³/mol. The lowest BCUT2D eigenvalue weighted by Crippen LogP contribution is -2.13. The highest BCUT2D eigenvalue weighted by Crippen LogP contribution is 2.07. The van der Waals surface area contributed by atoms with Crippen molar-refractivity contribution in [3.05, 3.63) is 18.0 Å². The normalized spacial score (nSPS) is 11.0. The second kappa shape index (κ2) is 4.94. The van der Waals surface area contributed by atoms with E-state index in [9.17, 15) is 0 Å². The second-order valence-corrected chi connectivity index (χ2v) is 4.27. The third-order valence-electron chi connectivity index (χ3n) is 1.75. The fourth-order valence-corrected chi connectivity index (χ4v) is 1.26. The summed E-state index contributed by atoms with van der Waals surface area (Å²) in [5.41, 5.74) is 1.11. The Kier molecular flexibility index (Phi) is 3.86. The van der Waals surface area contributed by atoms with Gasteiger partial charge in [0, 0.05) is 17.9 Å². The van der Waals surface area contributed by atoms with Crippen molar-refractivity contribution in [1.29, 1.82) is 0 Å². The summed E-state index contributed by atoms with van der Waals surface area (Å²) >= 11 is 0. The van der Waals surface area contributed by atoms with Gasteiger partial charge >= 0.3 is 0 Å². The smallest absolute Gasteiger partial charge is 0.223 e. The maximum absolute atomic E-state index is 4.43. The molecule has 0 aliphatic heterocycles. The molecule has 0 fully saturated rings. The van der Waals surface area contributed by atoms with Crippen molar-refractivity contribution in [2.45, 2.75) is 40.2 Å². The van der Waals surface area contributed by atoms with E-state index in [1.54, 1.807) is 0 Å². The van der Waals surface area contributed by atoms with Crippen molar-refractivity contribution in [2.24, 2.45) is 5.92 Å². The molecule has 1 aromatic rings. The Hall–Kier alpha value is -1.12. The van der Waals surface area contributed by atoms with E-state index in [0.717, 1.165) is 18.1 Å². The van der Waals surface area contributed by atoms with Gasteiger partial charge in [0.2, 0.25) is 5.95 Å². The number of rotatable bonds is 4. The van der Waals surface area contributed by atoms with Crippen molar-refractivity contribution < 1.29 is 0 Å². The van der Waals surface area contributed by atoms with E-state index in [1.807, 2.05) is 12.3 Å². The molecule has 3 heteroatoms. The Bertz CT molecular complexity index is 256. The fourth-order valence-electron chi connectivity index (χ4n) is 1.26. The van der Waals surface area contributed by atoms with Gasteiger partial charge in [0.25, 0.3) is 0 Å². The molecule has 0 saturated carbocycles. The molecular formula is C11H19N3. The molecule has 1 rings (SSSR count). The van der Waals surface area contributed by atoms with Crippen LogP contribution in [0, 0.1) is 5.92 Å². The molecule has 0 aromatic carbocycles. The van der Waals surface area contributed by atoms with Crippen LogP contribution in [0.25, 0.3) is 0 Å². The Morgan fingerprint density at radius 3 is 2.57 bits per heavy atom. The molecule has 0 aliphatic rings. The molecule has 0 aliphatic carbocycles. The highest BCUT2D eigenvalue weighted by molar-refractivity contribution is 5.26. The van der Waals surface area contributed by atoms with Gasteiger partial charge in [-0.25, -0.2) is 9.97 Å². The summed E-state index contributed by atoms with van der Waals surface area (Å²) in [5, 5.41) is 3.20. The van der Waals surface area contributed by atoms with Gasteiger partial charge in [-0.3, -0.25) is 0 Å². The minimum atomic E-state index is 0.379. The lowest BCUT2D eigenvalue weighted by Gasteiger charge is -2.09. The predicted octanol–water partition coefficient (Wildman–Crippen LogP) is 2.50. The second-order valence-electron chi connectivity index (χ2n) is 4.27. The molecule has 14 heavy (non-hydrogen) atoms. The van der Waals surface area contributed by atoms with E-state index in [4.69, 9.17) is 0 Å². The Morgan fingerprint density at radius 2 is 2.00 bits per heavy atom. The maximum Gasteiger partial charge on any atom is 0.223 e. The van der Waals surface area contributed by atoms with Crippen molar-refractivity contribution in [3.63, 3.8) is 0 Å². The van der Waals surface area contributed by atoms with Gasteiger partial charge in [-0.15, -0.1) is 0 Å². The number of nitrogens with one attached hydrogen (secondary N) is 1. The van der Waals surface area contributed by atoms with Gasteiger partial charge in [0.15, 0.2) is 0 Å². The van der Waals surface area contributed by atoms with Crippen LogP contribution in [0.15, 0.2) is 12.3 Å². The van der Waals surface area contributed by atoms with Crippen LogP contribution in [0.4, 0.5) is 5.95 Å². The lowest BCUT2D eigenvalue weighted by atomic mass is 10.1. The summed E-state index contributed by atoms with van der Waals surface area (Å²) in [6, 6.07) is 2.36. The summed E-state index contributed by atoms with van der Waals surface area (Å²) in [6.45, 7) is 8.55. The average molecular weight is 193 g/mol. The molecule has 0 bridgehead atoms. The minimum absolute atomic E-state index is 0.379.